The van der Waals surface area contributed by atoms with Crippen LogP contribution < -0.4 is 10.2 Å². The van der Waals surface area contributed by atoms with Crippen LogP contribution in [-0.4, -0.2) is 29.6 Å². The fraction of sp³-hybridized carbons (Fsp3) is 0.667. The van der Waals surface area contributed by atoms with Gasteiger partial charge >= 0.3 is 0 Å². The van der Waals surface area contributed by atoms with E-state index in [-0.39, 0.29) is 0 Å². The Bertz CT molecular complexity index is 301. The van der Waals surface area contributed by atoms with Crippen molar-refractivity contribution in [1.82, 2.24) is 9.97 Å². The maximum atomic E-state index is 4.32. The number of rotatable bonds is 7. The number of nitrogens with zero attached hydrogens (tertiary/aromatic N) is 3. The Kier molecular flexibility index (Phi) is 5.61. The van der Waals surface area contributed by atoms with Crippen molar-refractivity contribution in [2.45, 2.75) is 33.6 Å². The molecule has 0 amide bonds. The first-order valence-electron chi connectivity index (χ1n) is 6.12. The number of anilines is 2. The molecule has 0 aromatic carbocycles. The van der Waals surface area contributed by atoms with E-state index < -0.39 is 0 Å². The smallest absolute Gasteiger partial charge is 0.134 e. The molecule has 16 heavy (non-hydrogen) atoms. The van der Waals surface area contributed by atoms with Crippen molar-refractivity contribution in [1.29, 1.82) is 0 Å². The number of hydrogen-bond donors (Lipinski definition) is 1. The van der Waals surface area contributed by atoms with Gasteiger partial charge in [-0.25, -0.2) is 9.97 Å². The largest absolute Gasteiger partial charge is 0.370 e. The maximum absolute atomic E-state index is 4.32. The quantitative estimate of drug-likeness (QED) is 0.769. The van der Waals surface area contributed by atoms with Crippen molar-refractivity contribution in [3.63, 3.8) is 0 Å². The Balaban J connectivity index is 2.71. The van der Waals surface area contributed by atoms with Gasteiger partial charge in [-0.2, -0.15) is 0 Å². The molecule has 0 aliphatic rings. The monoisotopic (exact) mass is 222 g/mol. The molecule has 0 aliphatic heterocycles. The lowest BCUT2D eigenvalue weighted by Crippen LogP contribution is -2.25. The highest BCUT2D eigenvalue weighted by atomic mass is 15.2. The molecule has 1 aromatic rings. The third kappa shape index (κ3) is 3.68. The summed E-state index contributed by atoms with van der Waals surface area (Å²) in [6.07, 6.45) is 4.04. The highest BCUT2D eigenvalue weighted by Crippen LogP contribution is 2.14. The lowest BCUT2D eigenvalue weighted by Gasteiger charge is -2.21. The van der Waals surface area contributed by atoms with Gasteiger partial charge in [0.15, 0.2) is 0 Å². The Hall–Kier alpha value is -1.32. The summed E-state index contributed by atoms with van der Waals surface area (Å²) in [5.41, 5.74) is 0. The molecule has 0 atom stereocenters. The molecule has 4 nitrogen and oxygen atoms in total. The molecule has 0 bridgehead atoms. The molecule has 0 unspecified atom stereocenters. The summed E-state index contributed by atoms with van der Waals surface area (Å²) in [7, 11) is 0. The van der Waals surface area contributed by atoms with E-state index in [1.807, 2.05) is 6.07 Å². The second-order valence-electron chi connectivity index (χ2n) is 3.72. The summed E-state index contributed by atoms with van der Waals surface area (Å²) in [5, 5.41) is 3.21. The number of unbranched alkanes of at least 4 members (excludes halogenated alkanes) is 1. The molecule has 1 N–H and O–H groups in total. The van der Waals surface area contributed by atoms with Crippen LogP contribution in [0.15, 0.2) is 12.4 Å². The minimum absolute atomic E-state index is 0.886. The lowest BCUT2D eigenvalue weighted by molar-refractivity contribution is 0.723. The molecule has 1 rings (SSSR count). The van der Waals surface area contributed by atoms with Crippen molar-refractivity contribution in [3.05, 3.63) is 12.4 Å². The Labute approximate surface area is 98.1 Å². The predicted molar refractivity (Wildman–Crippen MR) is 69.0 cm³/mol. The van der Waals surface area contributed by atoms with E-state index in [9.17, 15) is 0 Å². The first-order chi connectivity index (χ1) is 7.81. The Morgan fingerprint density at radius 3 is 2.69 bits per heavy atom. The summed E-state index contributed by atoms with van der Waals surface area (Å²) in [5.74, 6) is 1.92. The van der Waals surface area contributed by atoms with Gasteiger partial charge in [0.2, 0.25) is 0 Å². The van der Waals surface area contributed by atoms with Gasteiger partial charge in [-0.15, -0.1) is 0 Å². The van der Waals surface area contributed by atoms with Crippen molar-refractivity contribution < 1.29 is 0 Å². The van der Waals surface area contributed by atoms with Gasteiger partial charge in [0.05, 0.1) is 0 Å². The van der Waals surface area contributed by atoms with Crippen molar-refractivity contribution in [2.75, 3.05) is 29.9 Å². The van der Waals surface area contributed by atoms with Crippen LogP contribution >= 0.6 is 0 Å². The van der Waals surface area contributed by atoms with E-state index in [1.54, 1.807) is 6.33 Å². The zero-order valence-electron chi connectivity index (χ0n) is 10.5. The van der Waals surface area contributed by atoms with Crippen LogP contribution in [0.4, 0.5) is 11.6 Å². The van der Waals surface area contributed by atoms with E-state index in [1.165, 1.54) is 12.8 Å². The average molecular weight is 222 g/mol. The Morgan fingerprint density at radius 1 is 1.25 bits per heavy atom. The highest BCUT2D eigenvalue weighted by molar-refractivity contribution is 5.48. The minimum atomic E-state index is 0.886. The predicted octanol–water partition coefficient (Wildman–Crippen LogP) is 2.53. The number of nitrogens with one attached hydrogen (secondary N) is 1. The SMILES string of the molecule is CCCCN(CC)c1cc(NCC)ncn1. The van der Waals surface area contributed by atoms with Crippen LogP contribution in [0.5, 0.6) is 0 Å². The maximum Gasteiger partial charge on any atom is 0.134 e. The van der Waals surface area contributed by atoms with Crippen molar-refractivity contribution in [3.8, 4) is 0 Å². The fourth-order valence-electron chi connectivity index (χ4n) is 1.58. The number of hydrogen-bond acceptors (Lipinski definition) is 4. The summed E-state index contributed by atoms with van der Waals surface area (Å²) in [6, 6.07) is 2.02. The molecule has 1 aromatic heterocycles. The van der Waals surface area contributed by atoms with E-state index in [0.717, 1.165) is 31.3 Å². The summed E-state index contributed by atoms with van der Waals surface area (Å²) < 4.78 is 0. The normalized spacial score (nSPS) is 10.2. The molecular weight excluding hydrogens is 200 g/mol. The number of aromatic nitrogens is 2. The molecule has 0 radical (unpaired) electrons. The van der Waals surface area contributed by atoms with Crippen molar-refractivity contribution >= 4 is 11.6 Å². The van der Waals surface area contributed by atoms with E-state index >= 15 is 0 Å². The van der Waals surface area contributed by atoms with Crippen LogP contribution in [0, 0.1) is 0 Å². The molecular formula is C12H22N4. The fourth-order valence-corrected chi connectivity index (χ4v) is 1.58. The molecule has 0 saturated carbocycles. The zero-order valence-corrected chi connectivity index (χ0v) is 10.5. The summed E-state index contributed by atoms with van der Waals surface area (Å²) >= 11 is 0. The van der Waals surface area contributed by atoms with Gasteiger partial charge in [-0.05, 0) is 20.3 Å². The molecule has 0 saturated heterocycles. The second-order valence-corrected chi connectivity index (χ2v) is 3.72. The topological polar surface area (TPSA) is 41.0 Å². The molecule has 4 heteroatoms. The van der Waals surface area contributed by atoms with Crippen LogP contribution in [0.2, 0.25) is 0 Å². The van der Waals surface area contributed by atoms with Gasteiger partial charge in [-0.3, -0.25) is 0 Å². The van der Waals surface area contributed by atoms with Crippen LogP contribution in [0.25, 0.3) is 0 Å². The summed E-state index contributed by atoms with van der Waals surface area (Å²) in [6.45, 7) is 9.37. The first-order valence-corrected chi connectivity index (χ1v) is 6.12. The third-order valence-corrected chi connectivity index (χ3v) is 2.50. The molecule has 0 fully saturated rings. The van der Waals surface area contributed by atoms with Gasteiger partial charge in [-0.1, -0.05) is 13.3 Å². The van der Waals surface area contributed by atoms with E-state index in [0.29, 0.717) is 0 Å². The summed E-state index contributed by atoms with van der Waals surface area (Å²) in [4.78, 5) is 10.8. The van der Waals surface area contributed by atoms with Gasteiger partial charge < -0.3 is 10.2 Å². The molecule has 1 heterocycles. The zero-order chi connectivity index (χ0) is 11.8. The minimum Gasteiger partial charge on any atom is -0.370 e. The van der Waals surface area contributed by atoms with E-state index in [2.05, 4.69) is 41.0 Å². The van der Waals surface area contributed by atoms with E-state index in [4.69, 9.17) is 0 Å². The standard InChI is InChI=1S/C12H22N4/c1-4-7-8-16(6-3)12-9-11(13-5-2)14-10-15-12/h9-10H,4-8H2,1-3H3,(H,13,14,15). The molecule has 0 spiro atoms. The Morgan fingerprint density at radius 2 is 2.06 bits per heavy atom. The van der Waals surface area contributed by atoms with Crippen LogP contribution in [-0.2, 0) is 0 Å². The lowest BCUT2D eigenvalue weighted by atomic mass is 10.3. The van der Waals surface area contributed by atoms with Crippen molar-refractivity contribution in [2.24, 2.45) is 0 Å². The molecule has 90 valence electrons. The second kappa shape index (κ2) is 7.04. The van der Waals surface area contributed by atoms with Crippen LogP contribution in [0.3, 0.4) is 0 Å². The van der Waals surface area contributed by atoms with Gasteiger partial charge in [0.1, 0.15) is 18.0 Å². The highest BCUT2D eigenvalue weighted by Gasteiger charge is 2.05. The average Bonchev–Trinajstić information content (AvgIpc) is 2.31. The third-order valence-electron chi connectivity index (χ3n) is 2.50. The van der Waals surface area contributed by atoms with Gasteiger partial charge in [0, 0.05) is 25.7 Å². The molecule has 0 aliphatic carbocycles. The first kappa shape index (κ1) is 12.7. The van der Waals surface area contributed by atoms with Crippen LogP contribution in [0.1, 0.15) is 33.6 Å². The van der Waals surface area contributed by atoms with Gasteiger partial charge in [0.25, 0.3) is 0 Å².